The Morgan fingerprint density at radius 2 is 1.70 bits per heavy atom. The van der Waals surface area contributed by atoms with Crippen LogP contribution in [0.2, 0.25) is 0 Å². The van der Waals surface area contributed by atoms with E-state index in [0.717, 1.165) is 10.6 Å². The molecule has 0 atom stereocenters. The van der Waals surface area contributed by atoms with Crippen LogP contribution in [-0.4, -0.2) is 53.0 Å². The number of sulfonamides is 1. The van der Waals surface area contributed by atoms with Crippen molar-refractivity contribution in [2.45, 2.75) is 0 Å². The van der Waals surface area contributed by atoms with E-state index in [0.29, 0.717) is 22.7 Å². The number of amides is 2. The number of ether oxygens (including phenoxy) is 2. The molecule has 2 amide bonds. The average Bonchev–Trinajstić information content (AvgIpc) is 2.70. The van der Waals surface area contributed by atoms with E-state index in [1.54, 1.807) is 36.4 Å². The smallest absolute Gasteiger partial charge is 0.260 e. The Balaban J connectivity index is 1.97. The van der Waals surface area contributed by atoms with Gasteiger partial charge in [0.25, 0.3) is 11.8 Å². The Morgan fingerprint density at radius 1 is 1.10 bits per heavy atom. The molecule has 30 heavy (non-hydrogen) atoms. The molecule has 0 spiro atoms. The molecule has 0 aliphatic carbocycles. The number of nitrogens with one attached hydrogen (secondary N) is 1. The molecule has 0 unspecified atom stereocenters. The van der Waals surface area contributed by atoms with Crippen LogP contribution in [0.4, 0.5) is 5.69 Å². The summed E-state index contributed by atoms with van der Waals surface area (Å²) in [5.41, 5.74) is 8.26. The first kappa shape index (κ1) is 22.7. The maximum Gasteiger partial charge on any atom is 0.260 e. The highest BCUT2D eigenvalue weighted by Crippen LogP contribution is 2.21. The molecule has 2 aromatic rings. The van der Waals surface area contributed by atoms with Gasteiger partial charge in [0.05, 0.1) is 25.3 Å². The zero-order valence-electron chi connectivity index (χ0n) is 16.4. The van der Waals surface area contributed by atoms with E-state index in [4.69, 9.17) is 15.2 Å². The Labute approximate surface area is 174 Å². The summed E-state index contributed by atoms with van der Waals surface area (Å²) in [6, 6.07) is 12.8. The van der Waals surface area contributed by atoms with Crippen molar-refractivity contribution < 1.29 is 27.5 Å². The van der Waals surface area contributed by atoms with Crippen LogP contribution in [-0.2, 0) is 19.6 Å². The number of carbonyl (C=O) groups excluding carboxylic acids is 2. The Bertz CT molecular complexity index is 1000. The molecule has 0 aliphatic rings. The topological polar surface area (TPSA) is 140 Å². The van der Waals surface area contributed by atoms with Crippen LogP contribution >= 0.6 is 0 Å². The van der Waals surface area contributed by atoms with E-state index < -0.39 is 28.4 Å². The van der Waals surface area contributed by atoms with Gasteiger partial charge in [-0.2, -0.15) is 5.10 Å². The van der Waals surface area contributed by atoms with Crippen molar-refractivity contribution in [3.8, 4) is 11.5 Å². The number of nitrogens with zero attached hydrogens (tertiary/aromatic N) is 2. The fourth-order valence-electron chi connectivity index (χ4n) is 2.30. The summed E-state index contributed by atoms with van der Waals surface area (Å²) in [4.78, 5) is 22.9. The van der Waals surface area contributed by atoms with Crippen LogP contribution in [0.3, 0.4) is 0 Å². The lowest BCUT2D eigenvalue weighted by Crippen LogP contribution is -2.39. The molecule has 0 aliphatic heterocycles. The molecule has 3 N–H and O–H groups in total. The highest BCUT2D eigenvalue weighted by atomic mass is 32.2. The normalized spacial score (nSPS) is 11.1. The van der Waals surface area contributed by atoms with Crippen molar-refractivity contribution in [3.05, 3.63) is 54.1 Å². The Kier molecular flexibility index (Phi) is 7.76. The number of benzene rings is 2. The first-order valence-electron chi connectivity index (χ1n) is 8.64. The molecule has 0 saturated heterocycles. The van der Waals surface area contributed by atoms with Crippen molar-refractivity contribution in [2.24, 2.45) is 10.8 Å². The number of hydrogen-bond donors (Lipinski definition) is 2. The van der Waals surface area contributed by atoms with E-state index >= 15 is 0 Å². The molecule has 11 heteroatoms. The first-order valence-corrected chi connectivity index (χ1v) is 10.5. The van der Waals surface area contributed by atoms with Crippen LogP contribution in [0.15, 0.2) is 53.6 Å². The second kappa shape index (κ2) is 10.3. The number of nitrogens with two attached hydrogens (primary N) is 1. The standard InChI is InChI=1S/C19H22N4O6S/c1-28-16-9-5-15(6-10-16)23(30(2,26)27)12-19(25)22-21-11-14-3-7-17(8-4-14)29-13-18(20)24/h3-11H,12-13H2,1-2H3,(H2,20,24)(H,22,25)/b21-11-. The van der Waals surface area contributed by atoms with Gasteiger partial charge < -0.3 is 15.2 Å². The average molecular weight is 434 g/mol. The fraction of sp³-hybridized carbons (Fsp3) is 0.211. The van der Waals surface area contributed by atoms with Crippen molar-refractivity contribution in [1.29, 1.82) is 0 Å². The van der Waals surface area contributed by atoms with Crippen LogP contribution in [0.25, 0.3) is 0 Å². The maximum absolute atomic E-state index is 12.2. The van der Waals surface area contributed by atoms with Gasteiger partial charge in [0.15, 0.2) is 6.61 Å². The summed E-state index contributed by atoms with van der Waals surface area (Å²) in [6.07, 6.45) is 2.39. The van der Waals surface area contributed by atoms with E-state index in [1.165, 1.54) is 25.5 Å². The number of carbonyl (C=O) groups is 2. The van der Waals surface area contributed by atoms with Gasteiger partial charge in [-0.3, -0.25) is 13.9 Å². The van der Waals surface area contributed by atoms with Gasteiger partial charge in [0.1, 0.15) is 18.0 Å². The molecule has 10 nitrogen and oxygen atoms in total. The van der Waals surface area contributed by atoms with Gasteiger partial charge in [-0.25, -0.2) is 13.8 Å². The number of hydrazone groups is 1. The van der Waals surface area contributed by atoms with E-state index in [9.17, 15) is 18.0 Å². The third-order valence-electron chi connectivity index (χ3n) is 3.71. The van der Waals surface area contributed by atoms with Crippen molar-refractivity contribution in [1.82, 2.24) is 5.43 Å². The summed E-state index contributed by atoms with van der Waals surface area (Å²) in [7, 11) is -2.20. The van der Waals surface area contributed by atoms with Crippen LogP contribution < -0.4 is 24.9 Å². The summed E-state index contributed by atoms with van der Waals surface area (Å²) in [5.74, 6) is -0.180. The predicted octanol–water partition coefficient (Wildman–Crippen LogP) is 0.476. The monoisotopic (exact) mass is 434 g/mol. The third kappa shape index (κ3) is 7.09. The third-order valence-corrected chi connectivity index (χ3v) is 4.85. The molecule has 0 saturated carbocycles. The first-order chi connectivity index (χ1) is 14.2. The molecule has 2 aromatic carbocycles. The molecular formula is C19H22N4O6S. The summed E-state index contributed by atoms with van der Waals surface area (Å²) >= 11 is 0. The van der Waals surface area contributed by atoms with E-state index in [2.05, 4.69) is 10.5 Å². The molecule has 160 valence electrons. The number of primary amides is 1. The quantitative estimate of drug-likeness (QED) is 0.412. The molecular weight excluding hydrogens is 412 g/mol. The number of methoxy groups -OCH3 is 1. The zero-order chi connectivity index (χ0) is 22.1. The summed E-state index contributed by atoms with van der Waals surface area (Å²) < 4.78 is 35.3. The van der Waals surface area contributed by atoms with Gasteiger partial charge in [-0.05, 0) is 54.1 Å². The minimum atomic E-state index is -3.69. The van der Waals surface area contributed by atoms with Crippen molar-refractivity contribution in [2.75, 3.05) is 30.8 Å². The molecule has 2 rings (SSSR count). The van der Waals surface area contributed by atoms with E-state index in [1.807, 2.05) is 0 Å². The highest BCUT2D eigenvalue weighted by Gasteiger charge is 2.20. The SMILES string of the molecule is COc1ccc(N(CC(=O)N/N=C\c2ccc(OCC(N)=O)cc2)S(C)(=O)=O)cc1. The number of hydrogen-bond acceptors (Lipinski definition) is 7. The van der Waals surface area contributed by atoms with E-state index in [-0.39, 0.29) is 6.61 Å². The van der Waals surface area contributed by atoms with Crippen molar-refractivity contribution in [3.63, 3.8) is 0 Å². The van der Waals surface area contributed by atoms with Crippen molar-refractivity contribution >= 4 is 33.7 Å². The number of anilines is 1. The van der Waals surface area contributed by atoms with Crippen LogP contribution in [0.5, 0.6) is 11.5 Å². The lowest BCUT2D eigenvalue weighted by atomic mass is 10.2. The highest BCUT2D eigenvalue weighted by molar-refractivity contribution is 7.92. The minimum Gasteiger partial charge on any atom is -0.497 e. The lowest BCUT2D eigenvalue weighted by Gasteiger charge is -2.21. The van der Waals surface area contributed by atoms with Gasteiger partial charge >= 0.3 is 0 Å². The Morgan fingerprint density at radius 3 is 2.23 bits per heavy atom. The molecule has 0 aromatic heterocycles. The largest absolute Gasteiger partial charge is 0.497 e. The fourth-order valence-corrected chi connectivity index (χ4v) is 3.15. The molecule has 0 bridgehead atoms. The Hall–Kier alpha value is -3.60. The van der Waals surface area contributed by atoms with Crippen LogP contribution in [0.1, 0.15) is 5.56 Å². The van der Waals surface area contributed by atoms with Crippen LogP contribution in [0, 0.1) is 0 Å². The van der Waals surface area contributed by atoms with Gasteiger partial charge in [-0.15, -0.1) is 0 Å². The second-order valence-electron chi connectivity index (χ2n) is 6.08. The van der Waals surface area contributed by atoms with Gasteiger partial charge in [0.2, 0.25) is 10.0 Å². The maximum atomic E-state index is 12.2. The molecule has 0 heterocycles. The zero-order valence-corrected chi connectivity index (χ0v) is 17.3. The van der Waals surface area contributed by atoms with Gasteiger partial charge in [-0.1, -0.05) is 0 Å². The predicted molar refractivity (Wildman–Crippen MR) is 112 cm³/mol. The lowest BCUT2D eigenvalue weighted by molar-refractivity contribution is -0.120. The minimum absolute atomic E-state index is 0.228. The second-order valence-corrected chi connectivity index (χ2v) is 7.99. The molecule has 0 fully saturated rings. The summed E-state index contributed by atoms with van der Waals surface area (Å²) in [5, 5.41) is 3.82. The molecule has 0 radical (unpaired) electrons. The number of rotatable bonds is 10. The van der Waals surface area contributed by atoms with Gasteiger partial charge in [0, 0.05) is 0 Å². The summed E-state index contributed by atoms with van der Waals surface area (Å²) in [6.45, 7) is -0.670.